The van der Waals surface area contributed by atoms with Crippen LogP contribution in [0.1, 0.15) is 38.2 Å². The van der Waals surface area contributed by atoms with E-state index < -0.39 is 11.8 Å². The molecule has 1 atom stereocenters. The SMILES string of the molecule is CCC1CCCCN1C(=O)C(=O)Nc1cccc(C#N)c1. The number of carbonyl (C=O) groups excluding carboxylic acids is 2. The van der Waals surface area contributed by atoms with Gasteiger partial charge in [-0.3, -0.25) is 9.59 Å². The van der Waals surface area contributed by atoms with E-state index >= 15 is 0 Å². The largest absolute Gasteiger partial charge is 0.331 e. The van der Waals surface area contributed by atoms with E-state index in [9.17, 15) is 9.59 Å². The van der Waals surface area contributed by atoms with Crippen molar-refractivity contribution in [1.29, 1.82) is 5.26 Å². The number of hydrogen-bond acceptors (Lipinski definition) is 3. The highest BCUT2D eigenvalue weighted by Crippen LogP contribution is 2.20. The van der Waals surface area contributed by atoms with Gasteiger partial charge in [0.05, 0.1) is 11.6 Å². The summed E-state index contributed by atoms with van der Waals surface area (Å²) in [6.45, 7) is 2.67. The Balaban J connectivity index is 2.05. The molecule has 0 radical (unpaired) electrons. The van der Waals surface area contributed by atoms with Gasteiger partial charge in [-0.15, -0.1) is 0 Å². The summed E-state index contributed by atoms with van der Waals surface area (Å²) in [5.74, 6) is -1.12. The van der Waals surface area contributed by atoms with Gasteiger partial charge in [0.25, 0.3) is 0 Å². The Kier molecular flexibility index (Phi) is 4.94. The molecular weight excluding hydrogens is 266 g/mol. The fourth-order valence-electron chi connectivity index (χ4n) is 2.67. The molecule has 0 bridgehead atoms. The number of nitrogens with zero attached hydrogens (tertiary/aromatic N) is 2. The number of nitriles is 1. The molecule has 0 aliphatic carbocycles. The van der Waals surface area contributed by atoms with Gasteiger partial charge in [0.1, 0.15) is 0 Å². The fourth-order valence-corrected chi connectivity index (χ4v) is 2.67. The fraction of sp³-hybridized carbons (Fsp3) is 0.438. The third kappa shape index (κ3) is 3.60. The smallest absolute Gasteiger partial charge is 0.313 e. The maximum absolute atomic E-state index is 12.3. The predicted octanol–water partition coefficient (Wildman–Crippen LogP) is 2.29. The highest BCUT2D eigenvalue weighted by molar-refractivity contribution is 6.39. The number of piperidine rings is 1. The average Bonchev–Trinajstić information content (AvgIpc) is 2.54. The molecule has 2 rings (SSSR count). The molecule has 1 aromatic rings. The lowest BCUT2D eigenvalue weighted by molar-refractivity contribution is -0.145. The lowest BCUT2D eigenvalue weighted by Gasteiger charge is -2.34. The average molecular weight is 285 g/mol. The molecule has 0 spiro atoms. The maximum Gasteiger partial charge on any atom is 0.313 e. The van der Waals surface area contributed by atoms with Gasteiger partial charge in [0, 0.05) is 18.3 Å². The van der Waals surface area contributed by atoms with Crippen molar-refractivity contribution in [2.75, 3.05) is 11.9 Å². The van der Waals surface area contributed by atoms with Crippen molar-refractivity contribution in [3.63, 3.8) is 0 Å². The third-order valence-electron chi connectivity index (χ3n) is 3.80. The Morgan fingerprint density at radius 2 is 2.24 bits per heavy atom. The van der Waals surface area contributed by atoms with Crippen LogP contribution < -0.4 is 5.32 Å². The standard InChI is InChI=1S/C16H19N3O2/c1-2-14-8-3-4-9-19(14)16(21)15(20)18-13-7-5-6-12(10-13)11-17/h5-7,10,14H,2-4,8-9H2,1H3,(H,18,20). The minimum absolute atomic E-state index is 0.155. The first kappa shape index (κ1) is 15.0. The van der Waals surface area contributed by atoms with Gasteiger partial charge in [-0.2, -0.15) is 5.26 Å². The Bertz CT molecular complexity index is 577. The Hall–Kier alpha value is -2.35. The van der Waals surface area contributed by atoms with Gasteiger partial charge in [-0.05, 0) is 43.9 Å². The zero-order chi connectivity index (χ0) is 15.2. The predicted molar refractivity (Wildman–Crippen MR) is 79.4 cm³/mol. The molecule has 0 aromatic heterocycles. The van der Waals surface area contributed by atoms with Gasteiger partial charge < -0.3 is 10.2 Å². The number of rotatable bonds is 2. The summed E-state index contributed by atoms with van der Waals surface area (Å²) in [5, 5.41) is 11.4. The van der Waals surface area contributed by atoms with Crippen molar-refractivity contribution < 1.29 is 9.59 Å². The molecule has 1 heterocycles. The van der Waals surface area contributed by atoms with Crippen molar-refractivity contribution in [1.82, 2.24) is 4.90 Å². The number of likely N-dealkylation sites (tertiary alicyclic amines) is 1. The first-order chi connectivity index (χ1) is 10.2. The summed E-state index contributed by atoms with van der Waals surface area (Å²) in [5.41, 5.74) is 0.919. The molecule has 1 aliphatic heterocycles. The minimum Gasteiger partial charge on any atom is -0.331 e. The monoisotopic (exact) mass is 285 g/mol. The quantitative estimate of drug-likeness (QED) is 0.847. The number of carbonyl (C=O) groups is 2. The molecule has 5 heteroatoms. The second-order valence-corrected chi connectivity index (χ2v) is 5.20. The Labute approximate surface area is 124 Å². The van der Waals surface area contributed by atoms with Gasteiger partial charge in [0.15, 0.2) is 0 Å². The molecule has 1 N–H and O–H groups in total. The summed E-state index contributed by atoms with van der Waals surface area (Å²) >= 11 is 0. The zero-order valence-corrected chi connectivity index (χ0v) is 12.1. The lowest BCUT2D eigenvalue weighted by Crippen LogP contribution is -2.48. The van der Waals surface area contributed by atoms with Crippen molar-refractivity contribution in [3.8, 4) is 6.07 Å². The highest BCUT2D eigenvalue weighted by atomic mass is 16.2. The summed E-state index contributed by atoms with van der Waals surface area (Å²) in [6.07, 6.45) is 3.87. The Morgan fingerprint density at radius 3 is 2.95 bits per heavy atom. The number of benzene rings is 1. The topological polar surface area (TPSA) is 73.2 Å². The van der Waals surface area contributed by atoms with Crippen molar-refractivity contribution in [3.05, 3.63) is 29.8 Å². The molecule has 110 valence electrons. The molecule has 5 nitrogen and oxygen atoms in total. The second kappa shape index (κ2) is 6.89. The molecule has 1 aromatic carbocycles. The van der Waals surface area contributed by atoms with Gasteiger partial charge in [0.2, 0.25) is 0 Å². The summed E-state index contributed by atoms with van der Waals surface area (Å²) < 4.78 is 0. The number of nitrogens with one attached hydrogen (secondary N) is 1. The van der Waals surface area contributed by atoms with E-state index in [-0.39, 0.29) is 6.04 Å². The van der Waals surface area contributed by atoms with Crippen LogP contribution in [0.3, 0.4) is 0 Å². The normalized spacial score (nSPS) is 17.9. The molecule has 1 unspecified atom stereocenters. The van der Waals surface area contributed by atoms with E-state index in [1.807, 2.05) is 13.0 Å². The van der Waals surface area contributed by atoms with Crippen LogP contribution in [0.4, 0.5) is 5.69 Å². The number of amides is 2. The lowest BCUT2D eigenvalue weighted by atomic mass is 10.00. The number of anilines is 1. The maximum atomic E-state index is 12.3. The van der Waals surface area contributed by atoms with Gasteiger partial charge in [-0.25, -0.2) is 0 Å². The van der Waals surface area contributed by atoms with E-state index in [2.05, 4.69) is 5.32 Å². The zero-order valence-electron chi connectivity index (χ0n) is 12.1. The molecule has 0 saturated carbocycles. The highest BCUT2D eigenvalue weighted by Gasteiger charge is 2.29. The summed E-state index contributed by atoms with van der Waals surface area (Å²) in [4.78, 5) is 26.0. The molecule has 1 saturated heterocycles. The van der Waals surface area contributed by atoms with Crippen molar-refractivity contribution in [2.24, 2.45) is 0 Å². The first-order valence-corrected chi connectivity index (χ1v) is 7.27. The molecule has 1 aliphatic rings. The molecule has 1 fully saturated rings. The van der Waals surface area contributed by atoms with Crippen LogP contribution in [0.15, 0.2) is 24.3 Å². The van der Waals surface area contributed by atoms with Crippen molar-refractivity contribution >= 4 is 17.5 Å². The van der Waals surface area contributed by atoms with Crippen LogP contribution in [0.25, 0.3) is 0 Å². The van der Waals surface area contributed by atoms with Crippen LogP contribution in [0.5, 0.6) is 0 Å². The molecule has 21 heavy (non-hydrogen) atoms. The summed E-state index contributed by atoms with van der Waals surface area (Å²) in [7, 11) is 0. The van der Waals surface area contributed by atoms with E-state index in [0.717, 1.165) is 25.7 Å². The van der Waals surface area contributed by atoms with E-state index in [1.54, 1.807) is 29.2 Å². The van der Waals surface area contributed by atoms with E-state index in [4.69, 9.17) is 5.26 Å². The summed E-state index contributed by atoms with van der Waals surface area (Å²) in [6, 6.07) is 8.70. The second-order valence-electron chi connectivity index (χ2n) is 5.20. The van der Waals surface area contributed by atoms with Crippen LogP contribution >= 0.6 is 0 Å². The van der Waals surface area contributed by atoms with Gasteiger partial charge >= 0.3 is 11.8 Å². The number of hydrogen-bond donors (Lipinski definition) is 1. The van der Waals surface area contributed by atoms with Crippen LogP contribution in [0, 0.1) is 11.3 Å². The molecule has 2 amide bonds. The molecular formula is C16H19N3O2. The Morgan fingerprint density at radius 1 is 1.43 bits per heavy atom. The van der Waals surface area contributed by atoms with Crippen LogP contribution in [-0.4, -0.2) is 29.3 Å². The van der Waals surface area contributed by atoms with Crippen LogP contribution in [0.2, 0.25) is 0 Å². The van der Waals surface area contributed by atoms with E-state index in [1.165, 1.54) is 0 Å². The van der Waals surface area contributed by atoms with E-state index in [0.29, 0.717) is 17.8 Å². The third-order valence-corrected chi connectivity index (χ3v) is 3.80. The first-order valence-electron chi connectivity index (χ1n) is 7.27. The van der Waals surface area contributed by atoms with Crippen molar-refractivity contribution in [2.45, 2.75) is 38.6 Å². The minimum atomic E-state index is -0.634. The van der Waals surface area contributed by atoms with Crippen LogP contribution in [-0.2, 0) is 9.59 Å². The van der Waals surface area contributed by atoms with Gasteiger partial charge in [-0.1, -0.05) is 13.0 Å².